The van der Waals surface area contributed by atoms with Gasteiger partial charge in [-0.2, -0.15) is 0 Å². The summed E-state index contributed by atoms with van der Waals surface area (Å²) in [5.41, 5.74) is 2.81. The van der Waals surface area contributed by atoms with Crippen molar-refractivity contribution in [2.45, 2.75) is 6.04 Å². The van der Waals surface area contributed by atoms with Crippen LogP contribution in [-0.4, -0.2) is 0 Å². The van der Waals surface area contributed by atoms with Gasteiger partial charge in [0.15, 0.2) is 0 Å². The first kappa shape index (κ1) is 13.0. The van der Waals surface area contributed by atoms with Crippen LogP contribution < -0.4 is 11.3 Å². The van der Waals surface area contributed by atoms with Gasteiger partial charge in [-0.25, -0.2) is 5.43 Å². The third kappa shape index (κ3) is 2.69. The first-order valence-corrected chi connectivity index (χ1v) is 7.87. The van der Waals surface area contributed by atoms with Crippen LogP contribution in [0.5, 0.6) is 0 Å². The van der Waals surface area contributed by atoms with Crippen molar-refractivity contribution in [3.05, 3.63) is 40.5 Å². The van der Waals surface area contributed by atoms with Crippen LogP contribution in [0, 0.1) is 0 Å². The summed E-state index contributed by atoms with van der Waals surface area (Å²) in [6, 6.07) is 5.90. The lowest BCUT2D eigenvalue weighted by Gasteiger charge is -2.11. The molecule has 2 aromatic rings. The van der Waals surface area contributed by atoms with Crippen LogP contribution in [0.1, 0.15) is 15.8 Å². The topological polar surface area (TPSA) is 38.0 Å². The number of hydrogen-bond donors (Lipinski definition) is 2. The van der Waals surface area contributed by atoms with Crippen molar-refractivity contribution in [1.82, 2.24) is 5.43 Å². The second-order valence-corrected chi connectivity index (χ2v) is 8.01. The Balaban J connectivity index is 2.36. The maximum absolute atomic E-state index is 5.92. The van der Waals surface area contributed by atoms with Gasteiger partial charge in [-0.1, -0.05) is 11.6 Å². The van der Waals surface area contributed by atoms with E-state index >= 15 is 0 Å². The summed E-state index contributed by atoms with van der Waals surface area (Å²) < 4.78 is 2.87. The first-order chi connectivity index (χ1) is 7.61. The van der Waals surface area contributed by atoms with Crippen molar-refractivity contribution < 1.29 is 0 Å². The fraction of sp³-hybridized carbons (Fsp3) is 0.111. The van der Waals surface area contributed by atoms with E-state index in [0.29, 0.717) is 0 Å². The van der Waals surface area contributed by atoms with Crippen molar-refractivity contribution in [3.8, 4) is 0 Å². The number of hydrazine groups is 1. The van der Waals surface area contributed by atoms with Gasteiger partial charge in [0.05, 0.1) is 14.2 Å². The van der Waals surface area contributed by atoms with Crippen LogP contribution in [0.25, 0.3) is 0 Å². The normalized spacial score (nSPS) is 13.0. The molecule has 2 rings (SSSR count). The standard InChI is InChI=1S/C9H7Br2ClN2S2/c10-4-3-6(16-9(4)11)8(14-13)5-1-2-7(12)15-5/h1-3,8,14H,13H2. The molecule has 0 saturated heterocycles. The molecule has 0 amide bonds. The van der Waals surface area contributed by atoms with Crippen molar-refractivity contribution in [3.63, 3.8) is 0 Å². The molecule has 0 aliphatic heterocycles. The largest absolute Gasteiger partial charge is 0.271 e. The SMILES string of the molecule is NNC(c1ccc(Cl)s1)c1cc(Br)c(Br)s1. The predicted octanol–water partition coefficient (Wildman–Crippen LogP) is 4.54. The Bertz CT molecular complexity index is 478. The molecule has 0 bridgehead atoms. The lowest BCUT2D eigenvalue weighted by atomic mass is 10.2. The molecule has 2 heterocycles. The highest BCUT2D eigenvalue weighted by Crippen LogP contribution is 2.39. The van der Waals surface area contributed by atoms with Crippen molar-refractivity contribution in [2.75, 3.05) is 0 Å². The maximum atomic E-state index is 5.92. The van der Waals surface area contributed by atoms with E-state index in [1.54, 1.807) is 11.3 Å². The zero-order chi connectivity index (χ0) is 11.7. The Hall–Kier alpha value is 0.570. The molecule has 0 aliphatic rings. The predicted molar refractivity (Wildman–Crippen MR) is 78.2 cm³/mol. The number of nitrogens with one attached hydrogen (secondary N) is 1. The summed E-state index contributed by atoms with van der Waals surface area (Å²) in [4.78, 5) is 2.24. The Morgan fingerprint density at radius 1 is 1.25 bits per heavy atom. The van der Waals surface area contributed by atoms with Crippen LogP contribution >= 0.6 is 66.1 Å². The maximum Gasteiger partial charge on any atom is 0.0931 e. The van der Waals surface area contributed by atoms with E-state index in [4.69, 9.17) is 17.4 Å². The van der Waals surface area contributed by atoms with Gasteiger partial charge >= 0.3 is 0 Å². The van der Waals surface area contributed by atoms with E-state index in [-0.39, 0.29) is 6.04 Å². The Morgan fingerprint density at radius 2 is 2.00 bits per heavy atom. The molecule has 0 aliphatic carbocycles. The number of nitrogens with two attached hydrogens (primary N) is 1. The fourth-order valence-corrected chi connectivity index (χ4v) is 4.68. The van der Waals surface area contributed by atoms with Gasteiger partial charge < -0.3 is 0 Å². The summed E-state index contributed by atoms with van der Waals surface area (Å²) in [6.07, 6.45) is 0. The molecular formula is C9H7Br2ClN2S2. The molecule has 1 unspecified atom stereocenters. The minimum atomic E-state index is -0.00917. The van der Waals surface area contributed by atoms with E-state index < -0.39 is 0 Å². The van der Waals surface area contributed by atoms with Gasteiger partial charge in [-0.3, -0.25) is 5.84 Å². The zero-order valence-corrected chi connectivity index (χ0v) is 13.4. The highest BCUT2D eigenvalue weighted by atomic mass is 79.9. The minimum absolute atomic E-state index is 0.00917. The molecule has 0 saturated carbocycles. The number of thiophene rings is 2. The summed E-state index contributed by atoms with van der Waals surface area (Å²) in [6.45, 7) is 0. The zero-order valence-electron chi connectivity index (χ0n) is 7.84. The van der Waals surface area contributed by atoms with Gasteiger partial charge in [0.1, 0.15) is 0 Å². The third-order valence-electron chi connectivity index (χ3n) is 1.99. The molecule has 1 atom stereocenters. The molecule has 7 heteroatoms. The van der Waals surface area contributed by atoms with Gasteiger partial charge in [0, 0.05) is 14.2 Å². The molecule has 2 nitrogen and oxygen atoms in total. The minimum Gasteiger partial charge on any atom is -0.271 e. The van der Waals surface area contributed by atoms with Crippen molar-refractivity contribution in [2.24, 2.45) is 5.84 Å². The molecule has 0 aromatic carbocycles. The summed E-state index contributed by atoms with van der Waals surface area (Å²) >= 11 is 16.0. The second kappa shape index (κ2) is 5.48. The van der Waals surface area contributed by atoms with E-state index in [0.717, 1.165) is 22.3 Å². The monoisotopic (exact) mass is 400 g/mol. The molecular weight excluding hydrogens is 396 g/mol. The highest BCUT2D eigenvalue weighted by Gasteiger charge is 2.18. The van der Waals surface area contributed by atoms with Crippen LogP contribution in [-0.2, 0) is 0 Å². The first-order valence-electron chi connectivity index (χ1n) is 4.28. The summed E-state index contributed by atoms with van der Waals surface area (Å²) in [5, 5.41) is 0. The summed E-state index contributed by atoms with van der Waals surface area (Å²) in [7, 11) is 0. The van der Waals surface area contributed by atoms with Gasteiger partial charge in [-0.05, 0) is 50.1 Å². The van der Waals surface area contributed by atoms with E-state index in [1.165, 1.54) is 11.3 Å². The number of rotatable bonds is 3. The van der Waals surface area contributed by atoms with E-state index in [9.17, 15) is 0 Å². The average molecular weight is 403 g/mol. The molecule has 0 spiro atoms. The van der Waals surface area contributed by atoms with Crippen LogP contribution in [0.15, 0.2) is 26.5 Å². The van der Waals surface area contributed by atoms with Crippen LogP contribution in [0.4, 0.5) is 0 Å². The third-order valence-corrected chi connectivity index (χ3v) is 6.61. The van der Waals surface area contributed by atoms with Crippen LogP contribution in [0.2, 0.25) is 4.34 Å². The van der Waals surface area contributed by atoms with E-state index in [1.807, 2.05) is 18.2 Å². The lowest BCUT2D eigenvalue weighted by Crippen LogP contribution is -2.27. The smallest absolute Gasteiger partial charge is 0.0931 e. The second-order valence-electron chi connectivity index (χ2n) is 3.01. The Labute approximate surface area is 123 Å². The lowest BCUT2D eigenvalue weighted by molar-refractivity contribution is 0.656. The van der Waals surface area contributed by atoms with Gasteiger partial charge in [-0.15, -0.1) is 22.7 Å². The highest BCUT2D eigenvalue weighted by molar-refractivity contribution is 9.13. The number of hydrogen-bond acceptors (Lipinski definition) is 4. The van der Waals surface area contributed by atoms with Crippen LogP contribution in [0.3, 0.4) is 0 Å². The molecule has 86 valence electrons. The average Bonchev–Trinajstić information content (AvgIpc) is 2.77. The summed E-state index contributed by atoms with van der Waals surface area (Å²) in [5.74, 6) is 5.60. The van der Waals surface area contributed by atoms with Gasteiger partial charge in [0.2, 0.25) is 0 Å². The van der Waals surface area contributed by atoms with Gasteiger partial charge in [0.25, 0.3) is 0 Å². The Kier molecular flexibility index (Phi) is 4.45. The molecule has 16 heavy (non-hydrogen) atoms. The van der Waals surface area contributed by atoms with E-state index in [2.05, 4.69) is 37.3 Å². The quantitative estimate of drug-likeness (QED) is 0.584. The van der Waals surface area contributed by atoms with Crippen molar-refractivity contribution >= 4 is 66.1 Å². The number of halogens is 3. The molecule has 3 N–H and O–H groups in total. The molecule has 0 radical (unpaired) electrons. The molecule has 0 fully saturated rings. The van der Waals surface area contributed by atoms with Crippen molar-refractivity contribution in [1.29, 1.82) is 0 Å². The fourth-order valence-electron chi connectivity index (χ4n) is 1.29. The molecule has 2 aromatic heterocycles. The Morgan fingerprint density at radius 3 is 2.44 bits per heavy atom.